The topological polar surface area (TPSA) is 74.2 Å². The number of rotatable bonds is 6. The molecule has 0 bridgehead atoms. The van der Waals surface area contributed by atoms with Crippen LogP contribution >= 0.6 is 7.14 Å². The van der Waals surface area contributed by atoms with Crippen molar-refractivity contribution in [3.63, 3.8) is 0 Å². The van der Waals surface area contributed by atoms with Crippen molar-refractivity contribution in [1.82, 2.24) is 15.0 Å². The van der Waals surface area contributed by atoms with Crippen molar-refractivity contribution in [2.24, 2.45) is 0 Å². The molecule has 8 heteroatoms. The molecule has 0 saturated carbocycles. The van der Waals surface area contributed by atoms with E-state index in [9.17, 15) is 4.57 Å². The van der Waals surface area contributed by atoms with Crippen LogP contribution in [0.2, 0.25) is 0 Å². The summed E-state index contributed by atoms with van der Waals surface area (Å²) in [7, 11) is -3.11. The molecule has 0 amide bonds. The molecule has 1 aliphatic rings. The van der Waals surface area contributed by atoms with Crippen LogP contribution in [0.5, 0.6) is 0 Å². The number of hydrogen-bond donors (Lipinski definition) is 0. The van der Waals surface area contributed by atoms with E-state index >= 15 is 0 Å². The van der Waals surface area contributed by atoms with Crippen LogP contribution in [0.4, 0.5) is 0 Å². The molecule has 5 aromatic carbocycles. The Bertz CT molecular complexity index is 2090. The minimum Gasteiger partial charge on any atom is -0.399 e. The van der Waals surface area contributed by atoms with E-state index in [1.165, 1.54) is 0 Å². The second-order valence-corrected chi connectivity index (χ2v) is 16.6. The highest BCUT2D eigenvalue weighted by Crippen LogP contribution is 2.42. The molecule has 6 aromatic rings. The van der Waals surface area contributed by atoms with E-state index in [1.54, 1.807) is 0 Å². The molecule has 6 nitrogen and oxygen atoms in total. The quantitative estimate of drug-likeness (QED) is 0.135. The van der Waals surface area contributed by atoms with Crippen molar-refractivity contribution in [2.45, 2.75) is 38.9 Å². The highest BCUT2D eigenvalue weighted by Gasteiger charge is 2.51. The van der Waals surface area contributed by atoms with Crippen LogP contribution in [-0.4, -0.2) is 46.6 Å². The van der Waals surface area contributed by atoms with Gasteiger partial charge in [-0.15, -0.1) is 0 Å². The summed E-state index contributed by atoms with van der Waals surface area (Å²) in [4.78, 5) is 15.1. The first-order valence-electron chi connectivity index (χ1n) is 15.9. The van der Waals surface area contributed by atoms with Crippen molar-refractivity contribution in [3.05, 3.63) is 115 Å². The van der Waals surface area contributed by atoms with Crippen LogP contribution in [0, 0.1) is 0 Å². The van der Waals surface area contributed by atoms with Crippen LogP contribution in [0.15, 0.2) is 115 Å². The molecule has 0 aliphatic carbocycles. The van der Waals surface area contributed by atoms with Gasteiger partial charge in [-0.05, 0) is 68.4 Å². The molecule has 47 heavy (non-hydrogen) atoms. The first-order valence-corrected chi connectivity index (χ1v) is 18.5. The van der Waals surface area contributed by atoms with Crippen LogP contribution in [-0.2, 0) is 13.9 Å². The summed E-state index contributed by atoms with van der Waals surface area (Å²) < 4.78 is 26.3. The molecule has 0 atom stereocenters. The molecule has 1 aliphatic heterocycles. The minimum atomic E-state index is -2.54. The maximum Gasteiger partial charge on any atom is 0.494 e. The number of hydrogen-bond acceptors (Lipinski definition) is 6. The lowest BCUT2D eigenvalue weighted by molar-refractivity contribution is 0.00578. The molecule has 1 saturated heterocycles. The van der Waals surface area contributed by atoms with Crippen molar-refractivity contribution < 1.29 is 13.9 Å². The molecule has 2 heterocycles. The Labute approximate surface area is 276 Å². The number of aromatic nitrogens is 3. The average Bonchev–Trinajstić information content (AvgIpc) is 3.30. The first kappa shape index (κ1) is 31.2. The fraction of sp³-hybridized carbons (Fsp3) is 0.205. The third-order valence-corrected chi connectivity index (χ3v) is 10.8. The molecule has 0 spiro atoms. The van der Waals surface area contributed by atoms with Crippen molar-refractivity contribution in [1.29, 1.82) is 0 Å². The van der Waals surface area contributed by atoms with Gasteiger partial charge in [0.05, 0.1) is 11.2 Å². The molecular formula is C39H37BN3O3P. The Morgan fingerprint density at radius 1 is 0.553 bits per heavy atom. The molecule has 0 radical (unpaired) electrons. The maximum atomic E-state index is 13.4. The second-order valence-electron chi connectivity index (χ2n) is 13.5. The van der Waals surface area contributed by atoms with Gasteiger partial charge in [0.1, 0.15) is 7.14 Å². The number of fused-ring (bicyclic) bond motifs is 1. The monoisotopic (exact) mass is 637 g/mol. The fourth-order valence-corrected chi connectivity index (χ4v) is 7.23. The van der Waals surface area contributed by atoms with Gasteiger partial charge < -0.3 is 13.9 Å². The van der Waals surface area contributed by atoms with Crippen molar-refractivity contribution in [2.75, 3.05) is 13.3 Å². The van der Waals surface area contributed by atoms with E-state index < -0.39 is 25.5 Å². The van der Waals surface area contributed by atoms with Gasteiger partial charge in [-0.25, -0.2) is 15.0 Å². The van der Waals surface area contributed by atoms with Crippen molar-refractivity contribution in [3.8, 4) is 45.3 Å². The van der Waals surface area contributed by atoms with Gasteiger partial charge in [-0.3, -0.25) is 0 Å². The Balaban J connectivity index is 1.50. The van der Waals surface area contributed by atoms with Gasteiger partial charge in [0.15, 0.2) is 17.5 Å². The predicted octanol–water partition coefficient (Wildman–Crippen LogP) is 8.24. The van der Waals surface area contributed by atoms with E-state index in [0.717, 1.165) is 49.4 Å². The standard InChI is InChI=1S/C39H37BN3O3P/c1-38(2)39(3,4)46-40(45-38)28-21-22-31(30-23-24-34(47(5,6)44)32-20-14-13-19-29(30)32)33(25-28)37-42-35(26-15-9-7-10-16-26)41-36(43-37)27-17-11-8-12-18-27/h7-25H,1-6H3. The maximum absolute atomic E-state index is 13.4. The van der Waals surface area contributed by atoms with Crippen LogP contribution in [0.1, 0.15) is 27.7 Å². The summed E-state index contributed by atoms with van der Waals surface area (Å²) in [6.45, 7) is 11.9. The molecular weight excluding hydrogens is 600 g/mol. The Kier molecular flexibility index (Phi) is 7.75. The van der Waals surface area contributed by atoms with Gasteiger partial charge in [0.25, 0.3) is 0 Å². The molecule has 0 N–H and O–H groups in total. The third-order valence-electron chi connectivity index (χ3n) is 9.28. The van der Waals surface area contributed by atoms with E-state index in [-0.39, 0.29) is 0 Å². The molecule has 1 fully saturated rings. The summed E-state index contributed by atoms with van der Waals surface area (Å²) in [6.07, 6.45) is 0. The Morgan fingerprint density at radius 2 is 1.04 bits per heavy atom. The Morgan fingerprint density at radius 3 is 1.60 bits per heavy atom. The molecule has 1 aromatic heterocycles. The zero-order chi connectivity index (χ0) is 33.0. The summed E-state index contributed by atoms with van der Waals surface area (Å²) in [6, 6.07) is 38.4. The highest BCUT2D eigenvalue weighted by molar-refractivity contribution is 7.70. The van der Waals surface area contributed by atoms with Gasteiger partial charge in [-0.2, -0.15) is 0 Å². The summed E-state index contributed by atoms with van der Waals surface area (Å²) in [5.41, 5.74) is 4.44. The lowest BCUT2D eigenvalue weighted by Gasteiger charge is -2.32. The van der Waals surface area contributed by atoms with E-state index in [0.29, 0.717) is 17.5 Å². The van der Waals surface area contributed by atoms with Gasteiger partial charge >= 0.3 is 7.12 Å². The zero-order valence-corrected chi connectivity index (χ0v) is 28.5. The smallest absolute Gasteiger partial charge is 0.399 e. The van der Waals surface area contributed by atoms with E-state index in [4.69, 9.17) is 24.3 Å². The summed E-state index contributed by atoms with van der Waals surface area (Å²) in [5.74, 6) is 1.70. The van der Waals surface area contributed by atoms with Gasteiger partial charge in [-0.1, -0.05) is 115 Å². The Hall–Kier alpha value is -4.42. The largest absolute Gasteiger partial charge is 0.494 e. The van der Waals surface area contributed by atoms with E-state index in [2.05, 4.69) is 64.1 Å². The van der Waals surface area contributed by atoms with Crippen molar-refractivity contribution >= 4 is 35.8 Å². The predicted molar refractivity (Wildman–Crippen MR) is 194 cm³/mol. The number of nitrogens with zero attached hydrogens (tertiary/aromatic N) is 3. The third kappa shape index (κ3) is 5.85. The SMILES string of the molecule is CC1(C)OB(c2ccc(-c3ccc(P(C)(C)=O)c4ccccc34)c(-c3nc(-c4ccccc4)nc(-c4ccccc4)n3)c2)OC1(C)C. The normalized spacial score (nSPS) is 15.7. The lowest BCUT2D eigenvalue weighted by atomic mass is 9.77. The van der Waals surface area contributed by atoms with Crippen LogP contribution < -0.4 is 10.8 Å². The van der Waals surface area contributed by atoms with Gasteiger partial charge in [0.2, 0.25) is 0 Å². The number of benzene rings is 5. The second kappa shape index (κ2) is 11.7. The zero-order valence-electron chi connectivity index (χ0n) is 27.6. The molecule has 0 unspecified atom stereocenters. The minimum absolute atomic E-state index is 0.495. The first-order chi connectivity index (χ1) is 22.4. The highest BCUT2D eigenvalue weighted by atomic mass is 31.2. The van der Waals surface area contributed by atoms with Crippen LogP contribution in [0.25, 0.3) is 56.1 Å². The lowest BCUT2D eigenvalue weighted by Crippen LogP contribution is -2.41. The van der Waals surface area contributed by atoms with Crippen LogP contribution in [0.3, 0.4) is 0 Å². The average molecular weight is 638 g/mol. The fourth-order valence-electron chi connectivity index (χ4n) is 6.02. The molecule has 234 valence electrons. The summed E-state index contributed by atoms with van der Waals surface area (Å²) in [5, 5.41) is 2.86. The van der Waals surface area contributed by atoms with E-state index in [1.807, 2.05) is 92.2 Å². The molecule has 7 rings (SSSR count). The van der Waals surface area contributed by atoms with Gasteiger partial charge in [0, 0.05) is 22.0 Å². The summed E-state index contributed by atoms with van der Waals surface area (Å²) >= 11 is 0.